The number of aromatic nitrogens is 3. The second-order valence-electron chi connectivity index (χ2n) is 7.36. The molecule has 1 atom stereocenters. The first kappa shape index (κ1) is 19.1. The van der Waals surface area contributed by atoms with Gasteiger partial charge in [-0.1, -0.05) is 0 Å². The van der Waals surface area contributed by atoms with Crippen LogP contribution < -0.4 is 16.0 Å². The Morgan fingerprint density at radius 2 is 2.17 bits per heavy atom. The average molecular weight is 391 g/mol. The number of aromatic hydroxyl groups is 1. The number of aliphatic imine (C=N–C) groups is 1. The number of nitrogen functional groups attached to an aromatic ring is 1. The number of pyridine rings is 1. The molecular weight excluding hydrogens is 366 g/mol. The predicted molar refractivity (Wildman–Crippen MR) is 117 cm³/mol. The van der Waals surface area contributed by atoms with E-state index in [1.165, 1.54) is 0 Å². The lowest BCUT2D eigenvalue weighted by atomic mass is 10.00. The Hall–Kier alpha value is -3.26. The van der Waals surface area contributed by atoms with E-state index in [4.69, 9.17) is 10.7 Å². The zero-order valence-electron chi connectivity index (χ0n) is 16.8. The third-order valence-corrected chi connectivity index (χ3v) is 5.25. The van der Waals surface area contributed by atoms with Crippen molar-refractivity contribution in [1.82, 2.24) is 20.3 Å². The van der Waals surface area contributed by atoms with E-state index in [1.54, 1.807) is 32.4 Å². The smallest absolute Gasteiger partial charge is 0.178 e. The summed E-state index contributed by atoms with van der Waals surface area (Å²) in [6, 6.07) is 5.94. The van der Waals surface area contributed by atoms with Crippen LogP contribution in [0, 0.1) is 6.92 Å². The number of phenols is 1. The van der Waals surface area contributed by atoms with Crippen LogP contribution in [-0.2, 0) is 0 Å². The molecule has 3 aromatic rings. The Morgan fingerprint density at radius 1 is 1.34 bits per heavy atom. The van der Waals surface area contributed by atoms with E-state index in [1.807, 2.05) is 12.1 Å². The molecule has 1 aliphatic heterocycles. The zero-order chi connectivity index (χ0) is 20.5. The number of phenolic OH excluding ortho intramolecular Hbond substituents is 1. The summed E-state index contributed by atoms with van der Waals surface area (Å²) in [4.78, 5) is 20.2. The van der Waals surface area contributed by atoms with Crippen LogP contribution >= 0.6 is 0 Å². The molecule has 0 bridgehead atoms. The van der Waals surface area contributed by atoms with Crippen molar-refractivity contribution in [2.75, 3.05) is 37.3 Å². The van der Waals surface area contributed by atoms with Gasteiger partial charge < -0.3 is 21.1 Å². The quantitative estimate of drug-likeness (QED) is 0.463. The summed E-state index contributed by atoms with van der Waals surface area (Å²) in [7, 11) is 1.68. The molecule has 29 heavy (non-hydrogen) atoms. The van der Waals surface area contributed by atoms with Crippen molar-refractivity contribution in [3.63, 3.8) is 0 Å². The molecule has 2 aromatic heterocycles. The van der Waals surface area contributed by atoms with E-state index in [0.717, 1.165) is 36.5 Å². The Kier molecular flexibility index (Phi) is 5.02. The lowest BCUT2D eigenvalue weighted by molar-refractivity contribution is 0.473. The maximum atomic E-state index is 10.6. The summed E-state index contributed by atoms with van der Waals surface area (Å²) < 4.78 is 0. The van der Waals surface area contributed by atoms with E-state index in [2.05, 4.69) is 32.1 Å². The number of piperazine rings is 1. The first-order valence-corrected chi connectivity index (χ1v) is 9.64. The van der Waals surface area contributed by atoms with Gasteiger partial charge in [-0.3, -0.25) is 4.99 Å². The first-order valence-electron chi connectivity index (χ1n) is 9.64. The molecule has 0 saturated carbocycles. The number of nitrogens with one attached hydrogen (secondary N) is 1. The van der Waals surface area contributed by atoms with Crippen LogP contribution in [0.25, 0.3) is 22.4 Å². The molecule has 0 radical (unpaired) electrons. The van der Waals surface area contributed by atoms with E-state index in [-0.39, 0.29) is 5.75 Å². The van der Waals surface area contributed by atoms with Gasteiger partial charge in [0.25, 0.3) is 0 Å². The molecule has 150 valence electrons. The minimum absolute atomic E-state index is 0.113. The molecule has 1 unspecified atom stereocenters. The average Bonchev–Trinajstić information content (AvgIpc) is 2.73. The second-order valence-corrected chi connectivity index (χ2v) is 7.36. The molecule has 0 amide bonds. The number of nitrogens with two attached hydrogens (primary N) is 1. The van der Waals surface area contributed by atoms with Gasteiger partial charge in [-0.25, -0.2) is 15.0 Å². The minimum atomic E-state index is 0.113. The second kappa shape index (κ2) is 7.63. The number of rotatable bonds is 3. The van der Waals surface area contributed by atoms with Crippen molar-refractivity contribution in [3.8, 4) is 17.0 Å². The third-order valence-electron chi connectivity index (χ3n) is 5.25. The standard InChI is InChI=1S/C21H25N7O/c1-12-11-28(7-6-24-12)18-10-25-21-17(26-18)5-4-16(27-21)15-8-14(9-23-3)19(22)13(2)20(15)29/h4-5,8-10,12,24,29H,6-7,11,22H2,1-3H3. The summed E-state index contributed by atoms with van der Waals surface area (Å²) in [6.07, 6.45) is 3.44. The van der Waals surface area contributed by atoms with Gasteiger partial charge in [-0.2, -0.15) is 0 Å². The molecule has 8 nitrogen and oxygen atoms in total. The molecule has 8 heteroatoms. The number of hydrogen-bond donors (Lipinski definition) is 3. The van der Waals surface area contributed by atoms with Gasteiger partial charge in [0, 0.05) is 61.3 Å². The molecule has 1 saturated heterocycles. The van der Waals surface area contributed by atoms with Gasteiger partial charge in [0.1, 0.15) is 17.1 Å². The van der Waals surface area contributed by atoms with Crippen molar-refractivity contribution >= 4 is 28.9 Å². The highest BCUT2D eigenvalue weighted by Crippen LogP contribution is 2.36. The highest BCUT2D eigenvalue weighted by Gasteiger charge is 2.19. The number of benzene rings is 1. The van der Waals surface area contributed by atoms with Crippen molar-refractivity contribution in [3.05, 3.63) is 35.5 Å². The molecule has 0 spiro atoms. The molecule has 1 aromatic carbocycles. The maximum Gasteiger partial charge on any atom is 0.178 e. The predicted octanol–water partition coefficient (Wildman–Crippen LogP) is 2.13. The van der Waals surface area contributed by atoms with E-state index < -0.39 is 0 Å². The highest BCUT2D eigenvalue weighted by atomic mass is 16.3. The fourth-order valence-corrected chi connectivity index (χ4v) is 3.63. The fourth-order valence-electron chi connectivity index (χ4n) is 3.63. The summed E-state index contributed by atoms with van der Waals surface area (Å²) in [5, 5.41) is 14.1. The van der Waals surface area contributed by atoms with E-state index in [0.29, 0.717) is 34.2 Å². The van der Waals surface area contributed by atoms with Crippen LogP contribution in [0.5, 0.6) is 5.75 Å². The van der Waals surface area contributed by atoms with Gasteiger partial charge in [0.05, 0.1) is 11.9 Å². The lowest BCUT2D eigenvalue weighted by Gasteiger charge is -2.32. The molecular formula is C21H25N7O. The van der Waals surface area contributed by atoms with Crippen molar-refractivity contribution < 1.29 is 5.11 Å². The van der Waals surface area contributed by atoms with Gasteiger partial charge >= 0.3 is 0 Å². The van der Waals surface area contributed by atoms with Crippen LogP contribution in [0.2, 0.25) is 0 Å². The monoisotopic (exact) mass is 391 g/mol. The number of nitrogens with zero attached hydrogens (tertiary/aromatic N) is 5. The SMILES string of the molecule is CN=Cc1cc(-c2ccc3nc(N4CCNC(C)C4)cnc3n2)c(O)c(C)c1N. The Balaban J connectivity index is 1.74. The normalized spacial score (nSPS) is 17.3. The summed E-state index contributed by atoms with van der Waals surface area (Å²) >= 11 is 0. The number of hydrogen-bond acceptors (Lipinski definition) is 8. The third kappa shape index (κ3) is 3.58. The van der Waals surface area contributed by atoms with Gasteiger partial charge in [0.2, 0.25) is 0 Å². The van der Waals surface area contributed by atoms with Crippen molar-refractivity contribution in [2.45, 2.75) is 19.9 Å². The number of fused-ring (bicyclic) bond motifs is 1. The number of anilines is 2. The van der Waals surface area contributed by atoms with Crippen LogP contribution in [0.1, 0.15) is 18.1 Å². The van der Waals surface area contributed by atoms with Crippen molar-refractivity contribution in [2.24, 2.45) is 4.99 Å². The largest absolute Gasteiger partial charge is 0.507 e. The van der Waals surface area contributed by atoms with Crippen LogP contribution in [0.3, 0.4) is 0 Å². The molecule has 3 heterocycles. The fraction of sp³-hybridized carbons (Fsp3) is 0.333. The summed E-state index contributed by atoms with van der Waals surface area (Å²) in [6.45, 7) is 6.66. The maximum absolute atomic E-state index is 10.6. The van der Waals surface area contributed by atoms with Gasteiger partial charge in [-0.05, 0) is 32.0 Å². The molecule has 1 aliphatic rings. The lowest BCUT2D eigenvalue weighted by Crippen LogP contribution is -2.49. The molecule has 1 fully saturated rings. The topological polar surface area (TPSA) is 113 Å². The Labute approximate surface area is 169 Å². The van der Waals surface area contributed by atoms with Crippen molar-refractivity contribution in [1.29, 1.82) is 0 Å². The van der Waals surface area contributed by atoms with Gasteiger partial charge in [-0.15, -0.1) is 0 Å². The minimum Gasteiger partial charge on any atom is -0.507 e. The molecule has 0 aliphatic carbocycles. The summed E-state index contributed by atoms with van der Waals surface area (Å²) in [5.41, 5.74) is 10.4. The van der Waals surface area contributed by atoms with E-state index >= 15 is 0 Å². The van der Waals surface area contributed by atoms with Crippen LogP contribution in [0.4, 0.5) is 11.5 Å². The first-order chi connectivity index (χ1) is 14.0. The molecule has 4 rings (SSSR count). The van der Waals surface area contributed by atoms with E-state index in [9.17, 15) is 5.11 Å². The van der Waals surface area contributed by atoms with Crippen LogP contribution in [-0.4, -0.2) is 59.0 Å². The summed E-state index contributed by atoms with van der Waals surface area (Å²) in [5.74, 6) is 0.968. The zero-order valence-corrected chi connectivity index (χ0v) is 16.8. The Morgan fingerprint density at radius 3 is 2.93 bits per heavy atom. The van der Waals surface area contributed by atoms with Gasteiger partial charge in [0.15, 0.2) is 5.65 Å². The Bertz CT molecular complexity index is 1100. The van der Waals surface area contributed by atoms with Crippen LogP contribution in [0.15, 0.2) is 29.4 Å². The molecule has 4 N–H and O–H groups in total. The highest BCUT2D eigenvalue weighted by molar-refractivity contribution is 5.93.